The van der Waals surface area contributed by atoms with Crippen molar-refractivity contribution in [2.45, 2.75) is 51.4 Å². The molecule has 410 valence electrons. The Hall–Kier alpha value is -11.0. The van der Waals surface area contributed by atoms with Gasteiger partial charge >= 0.3 is 0 Å². The van der Waals surface area contributed by atoms with Gasteiger partial charge in [-0.2, -0.15) is 0 Å². The Balaban J connectivity index is 0.000000214. The molecule has 2 aliphatic rings. The number of nitrogen functional groups attached to an aromatic ring is 4. The first-order chi connectivity index (χ1) is 37.8. The molecule has 0 aromatic heterocycles. The van der Waals surface area contributed by atoms with E-state index in [1.807, 2.05) is 0 Å². The average molecular weight is 1090 g/mol. The van der Waals surface area contributed by atoms with Gasteiger partial charge in [0.05, 0.1) is 19.7 Å². The SMILES string of the molecule is Nc1cc2c(O)c(c1)Cc1cc(N)cc(c1O)Cc1cc(N)cc(c1O)Cc1cc(N)cc(c1O)C2.O=[N+]([O-])c1cc2c(O)c(c1)Cc1cc([N+](=O)[O-])cc(c1O)Cc1cc([N+](=O)[O-])cc(c1O)Cc1cc([N+](=O)[O-])cc(c1O)C2.[HH]. The third kappa shape index (κ3) is 10.7. The molecule has 0 atom stereocenters. The summed E-state index contributed by atoms with van der Waals surface area (Å²) < 4.78 is 0. The van der Waals surface area contributed by atoms with E-state index in [-0.39, 0.29) is 94.6 Å². The van der Waals surface area contributed by atoms with Gasteiger partial charge in [-0.1, -0.05) is 0 Å². The molecule has 0 saturated heterocycles. The van der Waals surface area contributed by atoms with E-state index in [9.17, 15) is 81.3 Å². The first-order valence-electron chi connectivity index (χ1n) is 24.2. The van der Waals surface area contributed by atoms with Crippen molar-refractivity contribution in [1.29, 1.82) is 0 Å². The lowest BCUT2D eigenvalue weighted by molar-refractivity contribution is -0.385. The molecule has 80 heavy (non-hydrogen) atoms. The fourth-order valence-electron chi connectivity index (χ4n) is 10.3. The molecule has 16 N–H and O–H groups in total. The van der Waals surface area contributed by atoms with E-state index >= 15 is 0 Å². The molecule has 2 aliphatic carbocycles. The normalized spacial score (nSPS) is 12.6. The Morgan fingerprint density at radius 1 is 0.250 bits per heavy atom. The Kier molecular flexibility index (Phi) is 14.0. The Labute approximate surface area is 453 Å². The van der Waals surface area contributed by atoms with E-state index in [4.69, 9.17) is 22.9 Å². The molecular formula is C56H50N8O16. The number of non-ortho nitro benzene ring substituents is 4. The standard InChI is InChI=1S/C28H20N4O12.C28H28N4O4.H2/c33-25-13-1-14-6-22(30(39)40)8-16(26(14)34)3-18-10-24(32(43)44)12-20(28(18)36)4-19-11-23(31(41)42)9-17(27(19)35)2-15(25)7-21(5-13)29(37)38;29-21-5-13-1-14-6-22(30)8-16(26(14)34)3-18-10-24(32)12-20(28(18)36)4-19-11-23(31)9-17(27(19)35)2-15(7-21)25(13)33;/h5-12,33-36H,1-4H2;5-12,33-36H,1-4,29-32H2;1H. The first kappa shape index (κ1) is 53.8. The number of rotatable bonds is 4. The van der Waals surface area contributed by atoms with Crippen LogP contribution in [0.5, 0.6) is 46.0 Å². The smallest absolute Gasteiger partial charge is 0.270 e. The summed E-state index contributed by atoms with van der Waals surface area (Å²) in [4.78, 5) is 44.0. The van der Waals surface area contributed by atoms with Crippen LogP contribution in [0.15, 0.2) is 97.1 Å². The number of nitrogens with two attached hydrogens (primary N) is 4. The van der Waals surface area contributed by atoms with Crippen molar-refractivity contribution in [2.24, 2.45) is 0 Å². The Bertz CT molecular complexity index is 3290. The van der Waals surface area contributed by atoms with Crippen LogP contribution in [-0.2, 0) is 51.4 Å². The van der Waals surface area contributed by atoms with Gasteiger partial charge in [-0.05, 0) is 48.5 Å². The van der Waals surface area contributed by atoms with E-state index in [2.05, 4.69) is 0 Å². The van der Waals surface area contributed by atoms with Crippen molar-refractivity contribution in [2.75, 3.05) is 22.9 Å². The van der Waals surface area contributed by atoms with Crippen LogP contribution < -0.4 is 22.9 Å². The molecule has 10 rings (SSSR count). The summed E-state index contributed by atoms with van der Waals surface area (Å²) in [5.74, 6) is -2.00. The van der Waals surface area contributed by atoms with Crippen LogP contribution in [0.2, 0.25) is 0 Å². The van der Waals surface area contributed by atoms with Crippen LogP contribution in [0, 0.1) is 40.5 Å². The van der Waals surface area contributed by atoms with E-state index < -0.39 is 91.1 Å². The number of nitrogens with zero attached hydrogens (tertiary/aromatic N) is 4. The van der Waals surface area contributed by atoms with Crippen LogP contribution in [0.1, 0.15) is 90.4 Å². The molecule has 0 aliphatic heterocycles. The predicted molar refractivity (Wildman–Crippen MR) is 294 cm³/mol. The van der Waals surface area contributed by atoms with Crippen LogP contribution >= 0.6 is 0 Å². The predicted octanol–water partition coefficient (Wildman–Crippen LogP) is 8.58. The molecule has 0 fully saturated rings. The largest absolute Gasteiger partial charge is 0.507 e. The van der Waals surface area contributed by atoms with Gasteiger partial charge in [-0.3, -0.25) is 40.5 Å². The summed E-state index contributed by atoms with van der Waals surface area (Å²) in [6.07, 6.45) is -1.18. The van der Waals surface area contributed by atoms with Crippen molar-refractivity contribution >= 4 is 45.5 Å². The van der Waals surface area contributed by atoms with E-state index in [0.717, 1.165) is 48.5 Å². The highest BCUT2D eigenvalue weighted by Crippen LogP contribution is 2.44. The quantitative estimate of drug-likeness (QED) is 0.0339. The molecule has 0 saturated carbocycles. The fourth-order valence-corrected chi connectivity index (χ4v) is 10.3. The van der Waals surface area contributed by atoms with Gasteiger partial charge in [0.2, 0.25) is 0 Å². The lowest BCUT2D eigenvalue weighted by Gasteiger charge is -2.18. The molecule has 16 bridgehead atoms. The molecule has 24 heteroatoms. The number of nitro benzene ring substituents is 4. The number of aromatic hydroxyl groups is 8. The number of benzene rings is 8. The van der Waals surface area contributed by atoms with Crippen molar-refractivity contribution in [3.63, 3.8) is 0 Å². The minimum absolute atomic E-state index is 0. The molecule has 0 radical (unpaired) electrons. The number of phenols is 8. The number of phenolic OH excluding ortho intramolecular Hbond substituents is 8. The van der Waals surface area contributed by atoms with Crippen LogP contribution in [0.25, 0.3) is 0 Å². The molecule has 0 unspecified atom stereocenters. The van der Waals surface area contributed by atoms with E-state index in [1.54, 1.807) is 48.5 Å². The topological polar surface area (TPSA) is 438 Å². The van der Waals surface area contributed by atoms with E-state index in [1.165, 1.54) is 0 Å². The lowest BCUT2D eigenvalue weighted by atomic mass is 9.90. The van der Waals surface area contributed by atoms with E-state index in [0.29, 0.717) is 67.3 Å². The number of fused-ring (bicyclic) bond motifs is 16. The highest BCUT2D eigenvalue weighted by molar-refractivity contribution is 5.66. The monoisotopic (exact) mass is 1090 g/mol. The second-order valence-electron chi connectivity index (χ2n) is 19.6. The van der Waals surface area contributed by atoms with Gasteiger partial charge in [0.25, 0.3) is 22.7 Å². The highest BCUT2D eigenvalue weighted by atomic mass is 16.6. The minimum Gasteiger partial charge on any atom is -0.507 e. The number of hydrogen-bond donors (Lipinski definition) is 12. The van der Waals surface area contributed by atoms with Gasteiger partial charge < -0.3 is 63.8 Å². The Morgan fingerprint density at radius 3 is 0.450 bits per heavy atom. The number of hydrogen-bond acceptors (Lipinski definition) is 20. The minimum atomic E-state index is -0.760. The molecule has 8 aromatic carbocycles. The molecule has 8 aromatic rings. The lowest BCUT2D eigenvalue weighted by Crippen LogP contribution is -2.04. The summed E-state index contributed by atoms with van der Waals surface area (Å²) in [6, 6.07) is 21.1. The molecular weight excluding hydrogens is 1040 g/mol. The molecule has 0 spiro atoms. The van der Waals surface area contributed by atoms with Crippen LogP contribution in [-0.4, -0.2) is 60.5 Å². The van der Waals surface area contributed by atoms with Gasteiger partial charge in [-0.25, -0.2) is 0 Å². The summed E-state index contributed by atoms with van der Waals surface area (Å²) in [5, 5.41) is 136. The van der Waals surface area contributed by atoms with Crippen molar-refractivity contribution in [3.05, 3.63) is 227 Å². The van der Waals surface area contributed by atoms with Crippen molar-refractivity contribution < 1.29 is 62.0 Å². The zero-order valence-electron chi connectivity index (χ0n) is 41.8. The second kappa shape index (κ2) is 20.8. The highest BCUT2D eigenvalue weighted by Gasteiger charge is 2.28. The summed E-state index contributed by atoms with van der Waals surface area (Å²) in [6.45, 7) is 0. The number of anilines is 4. The van der Waals surface area contributed by atoms with Gasteiger partial charge in [0, 0.05) is 213 Å². The van der Waals surface area contributed by atoms with Gasteiger partial charge in [0.1, 0.15) is 46.0 Å². The third-order valence-corrected chi connectivity index (χ3v) is 14.1. The average Bonchev–Trinajstić information content (AvgIpc) is 3.38. The zero-order chi connectivity index (χ0) is 57.8. The van der Waals surface area contributed by atoms with Crippen molar-refractivity contribution in [3.8, 4) is 46.0 Å². The van der Waals surface area contributed by atoms with Gasteiger partial charge in [0.15, 0.2) is 0 Å². The Morgan fingerprint density at radius 2 is 0.350 bits per heavy atom. The maximum atomic E-state index is 11.8. The fraction of sp³-hybridized carbons (Fsp3) is 0.143. The first-order valence-corrected chi connectivity index (χ1v) is 24.2. The number of nitro groups is 4. The maximum absolute atomic E-state index is 11.8. The van der Waals surface area contributed by atoms with Crippen molar-refractivity contribution in [1.82, 2.24) is 0 Å². The van der Waals surface area contributed by atoms with Crippen LogP contribution in [0.4, 0.5) is 45.5 Å². The second-order valence-corrected chi connectivity index (χ2v) is 19.6. The third-order valence-electron chi connectivity index (χ3n) is 14.1. The summed E-state index contributed by atoms with van der Waals surface area (Å²) in [5.41, 5.74) is 27.3. The van der Waals surface area contributed by atoms with Crippen LogP contribution in [0.3, 0.4) is 0 Å². The van der Waals surface area contributed by atoms with Gasteiger partial charge in [-0.15, -0.1) is 0 Å². The molecule has 0 heterocycles. The molecule has 0 amide bonds. The summed E-state index contributed by atoms with van der Waals surface area (Å²) >= 11 is 0. The maximum Gasteiger partial charge on any atom is 0.270 e. The summed E-state index contributed by atoms with van der Waals surface area (Å²) in [7, 11) is 0. The zero-order valence-corrected chi connectivity index (χ0v) is 41.8. The molecule has 24 nitrogen and oxygen atoms in total.